The molecule has 25 heavy (non-hydrogen) atoms. The van der Waals surface area contributed by atoms with Crippen LogP contribution in [0.4, 0.5) is 0 Å². The molecule has 0 bridgehead atoms. The van der Waals surface area contributed by atoms with E-state index in [4.69, 9.17) is 14.6 Å². The predicted octanol–water partition coefficient (Wildman–Crippen LogP) is 5.73. The van der Waals surface area contributed by atoms with Gasteiger partial charge in [-0.2, -0.15) is 0 Å². The van der Waals surface area contributed by atoms with Gasteiger partial charge >= 0.3 is 0 Å². The van der Waals surface area contributed by atoms with Crippen molar-refractivity contribution in [3.05, 3.63) is 36.4 Å². The molecule has 3 heteroatoms. The van der Waals surface area contributed by atoms with E-state index in [2.05, 4.69) is 31.2 Å². The summed E-state index contributed by atoms with van der Waals surface area (Å²) >= 11 is 0. The van der Waals surface area contributed by atoms with Crippen molar-refractivity contribution in [3.63, 3.8) is 0 Å². The highest BCUT2D eigenvalue weighted by molar-refractivity contribution is 5.85. The molecule has 2 rings (SSSR count). The molecule has 0 saturated carbocycles. The highest BCUT2D eigenvalue weighted by atomic mass is 16.5. The maximum atomic E-state index is 8.76. The molecular formula is C22H32O3. The Balaban J connectivity index is 1.79. The van der Waals surface area contributed by atoms with E-state index < -0.39 is 0 Å². The number of hydrogen-bond acceptors (Lipinski definition) is 3. The van der Waals surface area contributed by atoms with Crippen molar-refractivity contribution < 1.29 is 14.6 Å². The number of aliphatic hydroxyl groups is 1. The van der Waals surface area contributed by atoms with Crippen LogP contribution in [0.25, 0.3) is 10.8 Å². The van der Waals surface area contributed by atoms with Gasteiger partial charge in [0.1, 0.15) is 11.5 Å². The van der Waals surface area contributed by atoms with Crippen LogP contribution in [-0.2, 0) is 0 Å². The number of fused-ring (bicyclic) bond motifs is 1. The molecule has 2 aromatic carbocycles. The van der Waals surface area contributed by atoms with Gasteiger partial charge in [0.2, 0.25) is 0 Å². The molecule has 1 N–H and O–H groups in total. The quantitative estimate of drug-likeness (QED) is 0.472. The average Bonchev–Trinajstić information content (AvgIpc) is 2.64. The van der Waals surface area contributed by atoms with Gasteiger partial charge in [-0.3, -0.25) is 0 Å². The van der Waals surface area contributed by atoms with Gasteiger partial charge in [0, 0.05) is 6.61 Å². The first-order valence-corrected chi connectivity index (χ1v) is 9.74. The van der Waals surface area contributed by atoms with Crippen molar-refractivity contribution >= 4 is 10.8 Å². The van der Waals surface area contributed by atoms with Crippen LogP contribution in [0.15, 0.2) is 36.4 Å². The Morgan fingerprint density at radius 2 is 1.20 bits per heavy atom. The minimum absolute atomic E-state index is 0.288. The zero-order valence-corrected chi connectivity index (χ0v) is 15.5. The molecule has 0 saturated heterocycles. The smallest absolute Gasteiger partial charge is 0.119 e. The lowest BCUT2D eigenvalue weighted by molar-refractivity contribution is 0.273. The molecule has 3 nitrogen and oxygen atoms in total. The summed E-state index contributed by atoms with van der Waals surface area (Å²) in [6.45, 7) is 4.04. The lowest BCUT2D eigenvalue weighted by Gasteiger charge is -2.09. The van der Waals surface area contributed by atoms with Crippen molar-refractivity contribution in [3.8, 4) is 11.5 Å². The minimum Gasteiger partial charge on any atom is -0.494 e. The van der Waals surface area contributed by atoms with Gasteiger partial charge in [-0.15, -0.1) is 0 Å². The van der Waals surface area contributed by atoms with Crippen LogP contribution in [-0.4, -0.2) is 24.9 Å². The zero-order chi connectivity index (χ0) is 17.7. The van der Waals surface area contributed by atoms with E-state index >= 15 is 0 Å². The fourth-order valence-corrected chi connectivity index (χ4v) is 2.86. The van der Waals surface area contributed by atoms with E-state index in [0.29, 0.717) is 0 Å². The Morgan fingerprint density at radius 1 is 0.680 bits per heavy atom. The molecule has 0 aliphatic rings. The average molecular weight is 344 g/mol. The highest BCUT2D eigenvalue weighted by Gasteiger charge is 2.01. The number of benzene rings is 2. The lowest BCUT2D eigenvalue weighted by atomic mass is 10.1. The van der Waals surface area contributed by atoms with E-state index in [1.807, 2.05) is 12.1 Å². The third kappa shape index (κ3) is 7.35. The van der Waals surface area contributed by atoms with Crippen LogP contribution >= 0.6 is 0 Å². The van der Waals surface area contributed by atoms with Crippen molar-refractivity contribution in [2.75, 3.05) is 19.8 Å². The zero-order valence-electron chi connectivity index (χ0n) is 15.5. The summed E-state index contributed by atoms with van der Waals surface area (Å²) < 4.78 is 11.7. The summed E-state index contributed by atoms with van der Waals surface area (Å²) in [7, 11) is 0. The monoisotopic (exact) mass is 344 g/mol. The van der Waals surface area contributed by atoms with Crippen LogP contribution < -0.4 is 9.47 Å². The standard InChI is InChI=1S/C22H32O3/c1-2-3-4-8-15-24-21-12-10-20-18-22(13-11-19(20)17-21)25-16-9-6-5-7-14-23/h10-13,17-18,23H,2-9,14-16H2,1H3. The van der Waals surface area contributed by atoms with Crippen LogP contribution in [0.1, 0.15) is 58.3 Å². The predicted molar refractivity (Wildman–Crippen MR) is 105 cm³/mol. The molecule has 0 heterocycles. The summed E-state index contributed by atoms with van der Waals surface area (Å²) in [6, 6.07) is 12.5. The van der Waals surface area contributed by atoms with Crippen molar-refractivity contribution in [1.82, 2.24) is 0 Å². The molecule has 0 radical (unpaired) electrons. The second-order valence-corrected chi connectivity index (χ2v) is 6.57. The number of rotatable bonds is 13. The van der Waals surface area contributed by atoms with Crippen molar-refractivity contribution in [1.29, 1.82) is 0 Å². The lowest BCUT2D eigenvalue weighted by Crippen LogP contribution is -1.98. The fourth-order valence-electron chi connectivity index (χ4n) is 2.86. The second kappa shape index (κ2) is 11.8. The summed E-state index contributed by atoms with van der Waals surface area (Å²) in [6.07, 6.45) is 8.99. The highest BCUT2D eigenvalue weighted by Crippen LogP contribution is 2.25. The van der Waals surface area contributed by atoms with E-state index in [1.54, 1.807) is 0 Å². The first-order chi connectivity index (χ1) is 12.3. The van der Waals surface area contributed by atoms with Crippen LogP contribution in [0.3, 0.4) is 0 Å². The second-order valence-electron chi connectivity index (χ2n) is 6.57. The van der Waals surface area contributed by atoms with E-state index in [0.717, 1.165) is 56.8 Å². The Labute approximate surface area is 152 Å². The SMILES string of the molecule is CCCCCCOc1ccc2cc(OCCCCCCO)ccc2c1. The van der Waals surface area contributed by atoms with Gasteiger partial charge in [0.05, 0.1) is 13.2 Å². The van der Waals surface area contributed by atoms with Gasteiger partial charge in [0.15, 0.2) is 0 Å². The van der Waals surface area contributed by atoms with Crippen LogP contribution in [0, 0.1) is 0 Å². The molecule has 138 valence electrons. The third-order valence-corrected chi connectivity index (χ3v) is 4.37. The van der Waals surface area contributed by atoms with E-state index in [9.17, 15) is 0 Å². The normalized spacial score (nSPS) is 11.0. The molecule has 0 amide bonds. The minimum atomic E-state index is 0.288. The van der Waals surface area contributed by atoms with Crippen LogP contribution in [0.2, 0.25) is 0 Å². The topological polar surface area (TPSA) is 38.7 Å². The molecule has 0 aliphatic carbocycles. The molecule has 2 aromatic rings. The largest absolute Gasteiger partial charge is 0.494 e. The molecule has 0 aromatic heterocycles. The summed E-state index contributed by atoms with van der Waals surface area (Å²) in [5.41, 5.74) is 0. The first-order valence-electron chi connectivity index (χ1n) is 9.74. The number of ether oxygens (including phenoxy) is 2. The fraction of sp³-hybridized carbons (Fsp3) is 0.545. The number of unbranched alkanes of at least 4 members (excludes halogenated alkanes) is 6. The van der Waals surface area contributed by atoms with E-state index in [-0.39, 0.29) is 6.61 Å². The molecular weight excluding hydrogens is 312 g/mol. The number of hydrogen-bond donors (Lipinski definition) is 1. The van der Waals surface area contributed by atoms with Gasteiger partial charge in [-0.05, 0) is 60.7 Å². The Hall–Kier alpha value is -1.74. The van der Waals surface area contributed by atoms with E-state index in [1.165, 1.54) is 30.0 Å². The molecule has 0 spiro atoms. The molecule has 0 fully saturated rings. The molecule has 0 unspecified atom stereocenters. The Bertz CT molecular complexity index is 609. The Kier molecular flexibility index (Phi) is 9.21. The molecule has 0 aliphatic heterocycles. The van der Waals surface area contributed by atoms with Crippen LogP contribution in [0.5, 0.6) is 11.5 Å². The summed E-state index contributed by atoms with van der Waals surface area (Å²) in [4.78, 5) is 0. The maximum absolute atomic E-state index is 8.76. The van der Waals surface area contributed by atoms with Gasteiger partial charge in [-0.25, -0.2) is 0 Å². The third-order valence-electron chi connectivity index (χ3n) is 4.37. The first kappa shape index (κ1) is 19.6. The van der Waals surface area contributed by atoms with Gasteiger partial charge in [0.25, 0.3) is 0 Å². The Morgan fingerprint density at radius 3 is 1.72 bits per heavy atom. The van der Waals surface area contributed by atoms with Crippen molar-refractivity contribution in [2.24, 2.45) is 0 Å². The molecule has 0 atom stereocenters. The maximum Gasteiger partial charge on any atom is 0.119 e. The van der Waals surface area contributed by atoms with Gasteiger partial charge in [-0.1, -0.05) is 44.7 Å². The summed E-state index contributed by atoms with van der Waals surface area (Å²) in [5.74, 6) is 1.87. The summed E-state index contributed by atoms with van der Waals surface area (Å²) in [5, 5.41) is 11.1. The van der Waals surface area contributed by atoms with Crippen molar-refractivity contribution in [2.45, 2.75) is 58.3 Å². The number of aliphatic hydroxyl groups excluding tert-OH is 1. The van der Waals surface area contributed by atoms with Gasteiger partial charge < -0.3 is 14.6 Å².